The third-order valence-electron chi connectivity index (χ3n) is 6.51. The maximum Gasteiger partial charge on any atom is 0.172 e. The summed E-state index contributed by atoms with van der Waals surface area (Å²) in [5, 5.41) is 12.4. The molecule has 31 heavy (non-hydrogen) atoms. The first kappa shape index (κ1) is 20.0. The highest BCUT2D eigenvalue weighted by Gasteiger charge is 2.29. The summed E-state index contributed by atoms with van der Waals surface area (Å²) in [5.41, 5.74) is 2.25. The number of phenols is 1. The molecular weight excluding hydrogens is 391 g/mol. The predicted molar refractivity (Wildman–Crippen MR) is 124 cm³/mol. The highest BCUT2D eigenvalue weighted by Crippen LogP contribution is 2.41. The fraction of sp³-hybridized carbons (Fsp3) is 0.385. The second-order valence-electron chi connectivity index (χ2n) is 8.58. The fourth-order valence-corrected chi connectivity index (χ4v) is 4.89. The van der Waals surface area contributed by atoms with Crippen LogP contribution in [0.3, 0.4) is 0 Å². The summed E-state index contributed by atoms with van der Waals surface area (Å²) >= 11 is 0. The van der Waals surface area contributed by atoms with Crippen LogP contribution in [-0.4, -0.2) is 31.0 Å². The minimum Gasteiger partial charge on any atom is -0.507 e. The van der Waals surface area contributed by atoms with Gasteiger partial charge in [-0.05, 0) is 67.8 Å². The van der Waals surface area contributed by atoms with E-state index in [1.54, 1.807) is 18.2 Å². The standard InChI is InChI=1S/C26H29FN2O2/c27-21-10-2-3-12-25(21)31-26-13-4-7-16-29(26)23-17-19-9-8-11-24(30)20(19)18-22(23)28-14-5-1-6-15-28/h2-3,8-12,17-18,26,30H,1,4-7,13-16H2. The Morgan fingerprint density at radius 1 is 0.839 bits per heavy atom. The molecule has 5 rings (SSSR count). The largest absolute Gasteiger partial charge is 0.507 e. The zero-order valence-electron chi connectivity index (χ0n) is 17.8. The average Bonchev–Trinajstić information content (AvgIpc) is 2.81. The molecule has 0 spiro atoms. The molecule has 2 aliphatic rings. The van der Waals surface area contributed by atoms with E-state index in [4.69, 9.17) is 4.74 Å². The molecule has 4 nitrogen and oxygen atoms in total. The molecule has 0 amide bonds. The van der Waals surface area contributed by atoms with Crippen LogP contribution in [0.15, 0.2) is 54.6 Å². The number of aromatic hydroxyl groups is 1. The van der Waals surface area contributed by atoms with Crippen LogP contribution >= 0.6 is 0 Å². The third kappa shape index (κ3) is 4.01. The van der Waals surface area contributed by atoms with Gasteiger partial charge in [-0.15, -0.1) is 0 Å². The number of hydrogen-bond acceptors (Lipinski definition) is 4. The van der Waals surface area contributed by atoms with Crippen molar-refractivity contribution in [1.29, 1.82) is 0 Å². The second kappa shape index (κ2) is 8.66. The number of piperidine rings is 2. The van der Waals surface area contributed by atoms with Crippen molar-refractivity contribution in [2.75, 3.05) is 29.4 Å². The van der Waals surface area contributed by atoms with E-state index in [0.29, 0.717) is 11.5 Å². The smallest absolute Gasteiger partial charge is 0.172 e. The van der Waals surface area contributed by atoms with Gasteiger partial charge in [0.1, 0.15) is 5.75 Å². The molecule has 5 heteroatoms. The molecule has 0 aliphatic carbocycles. The summed E-state index contributed by atoms with van der Waals surface area (Å²) < 4.78 is 20.5. The highest BCUT2D eigenvalue weighted by molar-refractivity contribution is 5.96. The van der Waals surface area contributed by atoms with E-state index >= 15 is 0 Å². The number of anilines is 2. The van der Waals surface area contributed by atoms with E-state index in [1.165, 1.54) is 25.3 Å². The van der Waals surface area contributed by atoms with Crippen LogP contribution in [0, 0.1) is 5.82 Å². The maximum absolute atomic E-state index is 14.3. The molecular formula is C26H29FN2O2. The van der Waals surface area contributed by atoms with Crippen molar-refractivity contribution in [1.82, 2.24) is 0 Å². The molecule has 1 unspecified atom stereocenters. The number of hydrogen-bond donors (Lipinski definition) is 1. The molecule has 1 atom stereocenters. The zero-order chi connectivity index (χ0) is 21.2. The summed E-state index contributed by atoms with van der Waals surface area (Å²) in [7, 11) is 0. The molecule has 0 saturated carbocycles. The van der Waals surface area contributed by atoms with Gasteiger partial charge in [-0.2, -0.15) is 0 Å². The number of rotatable bonds is 4. The van der Waals surface area contributed by atoms with E-state index in [2.05, 4.69) is 21.9 Å². The fourth-order valence-electron chi connectivity index (χ4n) is 4.89. The molecule has 2 heterocycles. The topological polar surface area (TPSA) is 35.9 Å². The first-order chi connectivity index (χ1) is 15.2. The zero-order valence-corrected chi connectivity index (χ0v) is 17.8. The van der Waals surface area contributed by atoms with Crippen LogP contribution in [0.5, 0.6) is 11.5 Å². The van der Waals surface area contributed by atoms with Crippen LogP contribution < -0.4 is 14.5 Å². The maximum atomic E-state index is 14.3. The lowest BCUT2D eigenvalue weighted by Gasteiger charge is -2.40. The van der Waals surface area contributed by atoms with Crippen LogP contribution in [0.25, 0.3) is 10.8 Å². The second-order valence-corrected chi connectivity index (χ2v) is 8.58. The van der Waals surface area contributed by atoms with E-state index in [9.17, 15) is 9.50 Å². The summed E-state index contributed by atoms with van der Waals surface area (Å²) in [6.07, 6.45) is 6.38. The van der Waals surface area contributed by atoms with Crippen molar-refractivity contribution in [2.45, 2.75) is 44.8 Å². The molecule has 2 saturated heterocycles. The quantitative estimate of drug-likeness (QED) is 0.556. The number of fused-ring (bicyclic) bond motifs is 1. The lowest BCUT2D eigenvalue weighted by atomic mass is 10.0. The highest BCUT2D eigenvalue weighted by atomic mass is 19.1. The van der Waals surface area contributed by atoms with Gasteiger partial charge in [-0.3, -0.25) is 0 Å². The Balaban J connectivity index is 1.58. The van der Waals surface area contributed by atoms with Gasteiger partial charge in [-0.25, -0.2) is 4.39 Å². The summed E-state index contributed by atoms with van der Waals surface area (Å²) in [4.78, 5) is 4.73. The van der Waals surface area contributed by atoms with Gasteiger partial charge >= 0.3 is 0 Å². The number of ether oxygens (including phenoxy) is 1. The van der Waals surface area contributed by atoms with E-state index in [0.717, 1.165) is 61.0 Å². The van der Waals surface area contributed by atoms with Gasteiger partial charge in [0, 0.05) is 31.4 Å². The number of phenolic OH excluding ortho intramolecular Hbond substituents is 1. The SMILES string of the molecule is Oc1cccc2cc(N3CCCCC3Oc3ccccc3F)c(N3CCCCC3)cc12. The van der Waals surface area contributed by atoms with Crippen molar-refractivity contribution < 1.29 is 14.2 Å². The average molecular weight is 421 g/mol. The predicted octanol–water partition coefficient (Wildman–Crippen LogP) is 6.07. The molecule has 2 fully saturated rings. The summed E-state index contributed by atoms with van der Waals surface area (Å²) in [6, 6.07) is 16.6. The van der Waals surface area contributed by atoms with Gasteiger partial charge in [0.15, 0.2) is 17.8 Å². The van der Waals surface area contributed by atoms with Gasteiger partial charge in [0.05, 0.1) is 11.4 Å². The van der Waals surface area contributed by atoms with Crippen LogP contribution in [0.1, 0.15) is 38.5 Å². The van der Waals surface area contributed by atoms with Crippen LogP contribution in [0.2, 0.25) is 0 Å². The monoisotopic (exact) mass is 420 g/mol. The lowest BCUT2D eigenvalue weighted by molar-refractivity contribution is 0.158. The third-order valence-corrected chi connectivity index (χ3v) is 6.51. The molecule has 3 aromatic rings. The Bertz CT molecular complexity index is 1060. The van der Waals surface area contributed by atoms with Crippen molar-refractivity contribution in [3.05, 3.63) is 60.4 Å². The van der Waals surface area contributed by atoms with E-state index in [-0.39, 0.29) is 12.0 Å². The first-order valence-corrected chi connectivity index (χ1v) is 11.4. The number of nitrogens with zero attached hydrogens (tertiary/aromatic N) is 2. The molecule has 2 aliphatic heterocycles. The van der Waals surface area contributed by atoms with E-state index in [1.807, 2.05) is 18.2 Å². The summed E-state index contributed by atoms with van der Waals surface area (Å²) in [6.45, 7) is 2.89. The first-order valence-electron chi connectivity index (χ1n) is 11.4. The molecule has 1 N–H and O–H groups in total. The number of halogens is 1. The number of benzene rings is 3. The minimum atomic E-state index is -0.326. The van der Waals surface area contributed by atoms with Gasteiger partial charge < -0.3 is 19.6 Å². The molecule has 0 radical (unpaired) electrons. The molecule has 162 valence electrons. The number of para-hydroxylation sites is 1. The molecule has 0 aromatic heterocycles. The van der Waals surface area contributed by atoms with Gasteiger partial charge in [0.25, 0.3) is 0 Å². The Labute approximate surface area is 182 Å². The Hall–Kier alpha value is -2.95. The Morgan fingerprint density at radius 3 is 2.48 bits per heavy atom. The normalized spacial score (nSPS) is 19.6. The van der Waals surface area contributed by atoms with Crippen molar-refractivity contribution >= 4 is 22.1 Å². The van der Waals surface area contributed by atoms with Crippen molar-refractivity contribution in [3.8, 4) is 11.5 Å². The molecule has 0 bridgehead atoms. The van der Waals surface area contributed by atoms with Crippen LogP contribution in [0.4, 0.5) is 15.8 Å². The lowest BCUT2D eigenvalue weighted by Crippen LogP contribution is -2.44. The molecule has 3 aromatic carbocycles. The van der Waals surface area contributed by atoms with E-state index < -0.39 is 0 Å². The van der Waals surface area contributed by atoms with Crippen molar-refractivity contribution in [3.63, 3.8) is 0 Å². The summed E-state index contributed by atoms with van der Waals surface area (Å²) in [5.74, 6) is 0.283. The minimum absolute atomic E-state index is 0.219. The van der Waals surface area contributed by atoms with Gasteiger partial charge in [-0.1, -0.05) is 24.3 Å². The van der Waals surface area contributed by atoms with Crippen LogP contribution in [-0.2, 0) is 0 Å². The van der Waals surface area contributed by atoms with Crippen molar-refractivity contribution in [2.24, 2.45) is 0 Å². The van der Waals surface area contributed by atoms with Gasteiger partial charge in [0.2, 0.25) is 0 Å². The Kier molecular flexibility index (Phi) is 5.58. The Morgan fingerprint density at radius 2 is 1.65 bits per heavy atom.